The summed E-state index contributed by atoms with van der Waals surface area (Å²) in [4.78, 5) is 35.5. The highest BCUT2D eigenvalue weighted by Gasteiger charge is 2.19. The highest BCUT2D eigenvalue weighted by Crippen LogP contribution is 2.14. The van der Waals surface area contributed by atoms with Crippen LogP contribution in [0.2, 0.25) is 0 Å². The van der Waals surface area contributed by atoms with Crippen LogP contribution < -0.4 is 10.5 Å². The molecule has 0 spiro atoms. The van der Waals surface area contributed by atoms with Gasteiger partial charge in [-0.25, -0.2) is 23.1 Å². The fourth-order valence-corrected chi connectivity index (χ4v) is 2.53. The van der Waals surface area contributed by atoms with Gasteiger partial charge in [-0.2, -0.15) is 0 Å². The normalized spacial score (nSPS) is 11.0. The van der Waals surface area contributed by atoms with Crippen LogP contribution in [-0.4, -0.2) is 39.5 Å². The van der Waals surface area contributed by atoms with Crippen molar-refractivity contribution in [3.05, 3.63) is 47.7 Å². The molecule has 0 fully saturated rings. The average molecular weight is 424 g/mol. The quantitative estimate of drug-likeness (QED) is 0.455. The Kier molecular flexibility index (Phi) is 7.51. The molecule has 0 saturated carbocycles. The monoisotopic (exact) mass is 424 g/mol. The molecule has 0 atom stereocenters. The van der Waals surface area contributed by atoms with Gasteiger partial charge in [-0.1, -0.05) is 13.3 Å². The molecule has 156 valence electrons. The molecule has 1 amide bonds. The van der Waals surface area contributed by atoms with Gasteiger partial charge in [-0.05, 0) is 42.8 Å². The molecule has 0 radical (unpaired) electrons. The number of furan rings is 1. The largest absolute Gasteiger partial charge is 0.462 e. The van der Waals surface area contributed by atoms with Crippen LogP contribution in [0.3, 0.4) is 0 Å². The van der Waals surface area contributed by atoms with E-state index in [4.69, 9.17) is 19.0 Å². The van der Waals surface area contributed by atoms with E-state index in [2.05, 4.69) is 5.32 Å². The topological polar surface area (TPSA) is 155 Å². The Morgan fingerprint density at radius 3 is 2.31 bits per heavy atom. The van der Waals surface area contributed by atoms with Gasteiger partial charge in [0.25, 0.3) is 15.9 Å². The molecule has 29 heavy (non-hydrogen) atoms. The first-order valence-electron chi connectivity index (χ1n) is 8.57. The molecule has 0 aliphatic carbocycles. The van der Waals surface area contributed by atoms with Crippen molar-refractivity contribution in [2.45, 2.75) is 24.9 Å². The molecule has 0 saturated heterocycles. The number of amides is 1. The minimum Gasteiger partial charge on any atom is -0.462 e. The number of rotatable bonds is 9. The second-order valence-corrected chi connectivity index (χ2v) is 7.35. The van der Waals surface area contributed by atoms with E-state index < -0.39 is 45.3 Å². The average Bonchev–Trinajstić information content (AvgIpc) is 3.17. The van der Waals surface area contributed by atoms with E-state index in [1.165, 1.54) is 24.3 Å². The van der Waals surface area contributed by atoms with Crippen molar-refractivity contribution in [1.82, 2.24) is 0 Å². The van der Waals surface area contributed by atoms with Crippen molar-refractivity contribution in [1.29, 1.82) is 0 Å². The summed E-state index contributed by atoms with van der Waals surface area (Å²) in [5.74, 6) is -2.54. The van der Waals surface area contributed by atoms with E-state index in [9.17, 15) is 22.8 Å². The molecule has 1 aromatic carbocycles. The number of anilines is 1. The summed E-state index contributed by atoms with van der Waals surface area (Å²) >= 11 is 0. The van der Waals surface area contributed by atoms with E-state index in [-0.39, 0.29) is 0 Å². The first kappa shape index (κ1) is 22.1. The van der Waals surface area contributed by atoms with Gasteiger partial charge in [0.1, 0.15) is 0 Å². The first-order valence-corrected chi connectivity index (χ1v) is 10.1. The summed E-state index contributed by atoms with van der Waals surface area (Å²) < 4.78 is 36.8. The molecule has 1 heterocycles. The van der Waals surface area contributed by atoms with Crippen molar-refractivity contribution >= 4 is 33.6 Å². The maximum Gasteiger partial charge on any atom is 0.374 e. The first-order chi connectivity index (χ1) is 13.7. The number of ether oxygens (including phenoxy) is 2. The maximum atomic E-state index is 11.9. The SMILES string of the molecule is CCCCOC(=O)c1ccc(NC(=O)COC(=O)c2ccc(S(N)(=O)=O)o2)cc1. The van der Waals surface area contributed by atoms with Crippen LogP contribution in [-0.2, 0) is 24.3 Å². The van der Waals surface area contributed by atoms with Crippen LogP contribution in [0.4, 0.5) is 5.69 Å². The molecule has 2 aromatic rings. The summed E-state index contributed by atoms with van der Waals surface area (Å²) in [6.45, 7) is 1.69. The molecular formula is C18H20N2O8S. The molecule has 1 aromatic heterocycles. The fraction of sp³-hybridized carbons (Fsp3) is 0.278. The summed E-state index contributed by atoms with van der Waals surface area (Å²) in [6.07, 6.45) is 1.69. The van der Waals surface area contributed by atoms with E-state index in [0.717, 1.165) is 25.0 Å². The van der Waals surface area contributed by atoms with Gasteiger partial charge in [0.2, 0.25) is 10.9 Å². The van der Waals surface area contributed by atoms with Crippen LogP contribution in [0.1, 0.15) is 40.7 Å². The van der Waals surface area contributed by atoms with Crippen LogP contribution in [0.15, 0.2) is 45.9 Å². The van der Waals surface area contributed by atoms with Crippen LogP contribution in [0.5, 0.6) is 0 Å². The van der Waals surface area contributed by atoms with Crippen LogP contribution in [0, 0.1) is 0 Å². The maximum absolute atomic E-state index is 11.9. The Morgan fingerprint density at radius 2 is 1.72 bits per heavy atom. The lowest BCUT2D eigenvalue weighted by molar-refractivity contribution is -0.119. The minimum atomic E-state index is -4.09. The number of carbonyl (C=O) groups excluding carboxylic acids is 3. The number of sulfonamides is 1. The zero-order chi connectivity index (χ0) is 21.4. The van der Waals surface area contributed by atoms with Crippen molar-refractivity contribution < 1.29 is 36.7 Å². The Balaban J connectivity index is 1.83. The number of hydrogen-bond donors (Lipinski definition) is 2. The molecule has 11 heteroatoms. The highest BCUT2D eigenvalue weighted by atomic mass is 32.2. The second-order valence-electron chi connectivity index (χ2n) is 5.85. The van der Waals surface area contributed by atoms with Gasteiger partial charge < -0.3 is 19.2 Å². The van der Waals surface area contributed by atoms with Crippen LogP contribution in [0.25, 0.3) is 0 Å². The second kappa shape index (κ2) is 9.85. The standard InChI is InChI=1S/C18H20N2O8S/c1-2-3-10-26-17(22)12-4-6-13(7-5-12)20-15(21)11-27-18(23)14-8-9-16(28-14)29(19,24)25/h4-9H,2-3,10-11H2,1H3,(H,20,21)(H2,19,24,25). The van der Waals surface area contributed by atoms with Gasteiger partial charge in [-0.3, -0.25) is 4.79 Å². The summed E-state index contributed by atoms with van der Waals surface area (Å²) in [7, 11) is -4.09. The van der Waals surface area contributed by atoms with Crippen molar-refractivity contribution in [2.24, 2.45) is 5.14 Å². The van der Waals surface area contributed by atoms with Crippen LogP contribution >= 0.6 is 0 Å². The number of benzene rings is 1. The fourth-order valence-electron chi connectivity index (χ4n) is 2.06. The lowest BCUT2D eigenvalue weighted by Gasteiger charge is -2.07. The van der Waals surface area contributed by atoms with E-state index in [0.29, 0.717) is 17.9 Å². The Morgan fingerprint density at radius 1 is 1.03 bits per heavy atom. The van der Waals surface area contributed by atoms with Gasteiger partial charge >= 0.3 is 11.9 Å². The molecule has 0 aliphatic heterocycles. The zero-order valence-corrected chi connectivity index (χ0v) is 16.4. The lowest BCUT2D eigenvalue weighted by atomic mass is 10.2. The smallest absolute Gasteiger partial charge is 0.374 e. The van der Waals surface area contributed by atoms with E-state index >= 15 is 0 Å². The van der Waals surface area contributed by atoms with E-state index in [1.54, 1.807) is 0 Å². The van der Waals surface area contributed by atoms with Crippen molar-refractivity contribution in [3.8, 4) is 0 Å². The Hall–Kier alpha value is -3.18. The minimum absolute atomic E-state index is 0.341. The number of primary sulfonamides is 1. The number of esters is 2. The zero-order valence-electron chi connectivity index (χ0n) is 15.5. The number of unbranched alkanes of at least 4 members (excludes halogenated alkanes) is 1. The number of carbonyl (C=O) groups is 3. The summed E-state index contributed by atoms with van der Waals surface area (Å²) in [5, 5.41) is 6.76. The van der Waals surface area contributed by atoms with Gasteiger partial charge in [0.15, 0.2) is 6.61 Å². The van der Waals surface area contributed by atoms with Crippen molar-refractivity contribution in [2.75, 3.05) is 18.5 Å². The Labute approximate surface area is 167 Å². The predicted molar refractivity (Wildman–Crippen MR) is 101 cm³/mol. The predicted octanol–water partition coefficient (Wildman–Crippen LogP) is 1.68. The highest BCUT2D eigenvalue weighted by molar-refractivity contribution is 7.89. The molecule has 0 unspecified atom stereocenters. The molecule has 3 N–H and O–H groups in total. The van der Waals surface area contributed by atoms with E-state index in [1.807, 2.05) is 6.92 Å². The molecule has 2 rings (SSSR count). The summed E-state index contributed by atoms with van der Waals surface area (Å²) in [5.41, 5.74) is 0.722. The number of nitrogens with one attached hydrogen (secondary N) is 1. The molecule has 0 aliphatic rings. The molecule has 10 nitrogen and oxygen atoms in total. The van der Waals surface area contributed by atoms with Crippen molar-refractivity contribution in [3.63, 3.8) is 0 Å². The van der Waals surface area contributed by atoms with Gasteiger partial charge in [-0.15, -0.1) is 0 Å². The molecular weight excluding hydrogens is 404 g/mol. The third kappa shape index (κ3) is 6.73. The third-order valence-electron chi connectivity index (χ3n) is 3.53. The Bertz CT molecular complexity index is 980. The lowest BCUT2D eigenvalue weighted by Crippen LogP contribution is -2.20. The summed E-state index contributed by atoms with van der Waals surface area (Å²) in [6, 6.07) is 8.06. The number of hydrogen-bond acceptors (Lipinski definition) is 8. The molecule has 0 bridgehead atoms. The number of nitrogens with two attached hydrogens (primary N) is 1. The van der Waals surface area contributed by atoms with Gasteiger partial charge in [0.05, 0.1) is 12.2 Å². The third-order valence-corrected chi connectivity index (χ3v) is 4.31. The van der Waals surface area contributed by atoms with Gasteiger partial charge in [0, 0.05) is 5.69 Å².